The average molecular weight is 192 g/mol. The third-order valence-corrected chi connectivity index (χ3v) is 2.54. The van der Waals surface area contributed by atoms with Crippen LogP contribution in [0.4, 0.5) is 0 Å². The van der Waals surface area contributed by atoms with E-state index in [4.69, 9.17) is 5.11 Å². The van der Waals surface area contributed by atoms with E-state index in [9.17, 15) is 0 Å². The fourth-order valence-electron chi connectivity index (χ4n) is 1.79. The molecule has 1 heteroatoms. The van der Waals surface area contributed by atoms with Crippen LogP contribution >= 0.6 is 0 Å². The van der Waals surface area contributed by atoms with E-state index in [1.165, 1.54) is 5.56 Å². The molecule has 1 aromatic rings. The molecule has 0 spiro atoms. The minimum atomic E-state index is 0.296. The van der Waals surface area contributed by atoms with Crippen LogP contribution in [0.2, 0.25) is 0 Å². The Labute approximate surface area is 86.8 Å². The van der Waals surface area contributed by atoms with Gasteiger partial charge in [0.1, 0.15) is 0 Å². The van der Waals surface area contributed by atoms with Crippen LogP contribution in [0.15, 0.2) is 30.3 Å². The van der Waals surface area contributed by atoms with Gasteiger partial charge in [-0.25, -0.2) is 0 Å². The molecule has 0 aromatic heterocycles. The van der Waals surface area contributed by atoms with Crippen molar-refractivity contribution in [1.29, 1.82) is 0 Å². The first kappa shape index (κ1) is 11.3. The van der Waals surface area contributed by atoms with Gasteiger partial charge in [-0.15, -0.1) is 0 Å². The summed E-state index contributed by atoms with van der Waals surface area (Å²) in [6.07, 6.45) is 3.08. The van der Waals surface area contributed by atoms with Crippen molar-refractivity contribution in [2.45, 2.75) is 33.1 Å². The minimum absolute atomic E-state index is 0.296. The zero-order chi connectivity index (χ0) is 10.4. The third-order valence-electron chi connectivity index (χ3n) is 2.54. The number of hydrogen-bond acceptors (Lipinski definition) is 1. The summed E-state index contributed by atoms with van der Waals surface area (Å²) in [7, 11) is 0. The highest BCUT2D eigenvalue weighted by Crippen LogP contribution is 2.26. The Bertz CT molecular complexity index is 251. The van der Waals surface area contributed by atoms with Crippen molar-refractivity contribution in [3.8, 4) is 0 Å². The Balaban J connectivity index is 2.50. The first-order valence-electron chi connectivity index (χ1n) is 5.29. The molecule has 0 aliphatic heterocycles. The van der Waals surface area contributed by atoms with Crippen LogP contribution in [0, 0.1) is 5.41 Å². The van der Waals surface area contributed by atoms with Crippen molar-refractivity contribution in [2.75, 3.05) is 6.61 Å². The SMILES string of the molecule is CC(C)(CCCO)Cc1ccccc1. The Hall–Kier alpha value is -0.820. The third kappa shape index (κ3) is 3.93. The van der Waals surface area contributed by atoms with Gasteiger partial charge in [-0.05, 0) is 30.2 Å². The Kier molecular flexibility index (Phi) is 4.15. The van der Waals surface area contributed by atoms with Crippen molar-refractivity contribution in [1.82, 2.24) is 0 Å². The zero-order valence-corrected chi connectivity index (χ0v) is 9.16. The van der Waals surface area contributed by atoms with E-state index in [0.29, 0.717) is 12.0 Å². The van der Waals surface area contributed by atoms with E-state index in [1.807, 2.05) is 6.07 Å². The van der Waals surface area contributed by atoms with Crippen LogP contribution in [-0.2, 0) is 6.42 Å². The molecule has 0 aliphatic rings. The van der Waals surface area contributed by atoms with Gasteiger partial charge in [0.2, 0.25) is 0 Å². The summed E-state index contributed by atoms with van der Waals surface area (Å²) < 4.78 is 0. The van der Waals surface area contributed by atoms with Gasteiger partial charge in [-0.2, -0.15) is 0 Å². The van der Waals surface area contributed by atoms with Crippen molar-refractivity contribution < 1.29 is 5.11 Å². The number of aliphatic hydroxyl groups excluding tert-OH is 1. The topological polar surface area (TPSA) is 20.2 Å². The molecule has 0 saturated carbocycles. The summed E-state index contributed by atoms with van der Waals surface area (Å²) in [4.78, 5) is 0. The maximum atomic E-state index is 8.80. The summed E-state index contributed by atoms with van der Waals surface area (Å²) in [6.45, 7) is 4.82. The standard InChI is InChI=1S/C13H20O/c1-13(2,9-6-10-14)11-12-7-4-3-5-8-12/h3-5,7-8,14H,6,9-11H2,1-2H3. The number of benzene rings is 1. The molecule has 0 atom stereocenters. The maximum absolute atomic E-state index is 8.80. The highest BCUT2D eigenvalue weighted by molar-refractivity contribution is 5.16. The highest BCUT2D eigenvalue weighted by Gasteiger charge is 2.17. The molecule has 0 radical (unpaired) electrons. The van der Waals surface area contributed by atoms with Crippen LogP contribution < -0.4 is 0 Å². The molecule has 0 saturated heterocycles. The van der Waals surface area contributed by atoms with Gasteiger partial charge in [0.05, 0.1) is 0 Å². The fourth-order valence-corrected chi connectivity index (χ4v) is 1.79. The summed E-state index contributed by atoms with van der Waals surface area (Å²) in [5, 5.41) is 8.80. The van der Waals surface area contributed by atoms with Crippen molar-refractivity contribution in [3.05, 3.63) is 35.9 Å². The van der Waals surface area contributed by atoms with E-state index < -0.39 is 0 Å². The van der Waals surface area contributed by atoms with Crippen LogP contribution in [0.25, 0.3) is 0 Å². The van der Waals surface area contributed by atoms with Crippen LogP contribution in [0.5, 0.6) is 0 Å². The first-order chi connectivity index (χ1) is 6.64. The van der Waals surface area contributed by atoms with Gasteiger partial charge in [-0.3, -0.25) is 0 Å². The smallest absolute Gasteiger partial charge is 0.0431 e. The molecule has 1 nitrogen and oxygen atoms in total. The second-order valence-corrected chi connectivity index (χ2v) is 4.65. The maximum Gasteiger partial charge on any atom is 0.0431 e. The molecule has 0 heterocycles. The monoisotopic (exact) mass is 192 g/mol. The van der Waals surface area contributed by atoms with Gasteiger partial charge >= 0.3 is 0 Å². The summed E-state index contributed by atoms with van der Waals surface area (Å²) >= 11 is 0. The minimum Gasteiger partial charge on any atom is -0.396 e. The highest BCUT2D eigenvalue weighted by atomic mass is 16.2. The largest absolute Gasteiger partial charge is 0.396 e. The molecule has 1 rings (SSSR count). The Morgan fingerprint density at radius 3 is 2.36 bits per heavy atom. The van der Waals surface area contributed by atoms with Gasteiger partial charge < -0.3 is 5.11 Å². The lowest BCUT2D eigenvalue weighted by molar-refractivity contribution is 0.240. The fraction of sp³-hybridized carbons (Fsp3) is 0.538. The van der Waals surface area contributed by atoms with E-state index >= 15 is 0 Å². The molecule has 1 aromatic carbocycles. The summed E-state index contributed by atoms with van der Waals surface area (Å²) in [5.41, 5.74) is 1.68. The lowest BCUT2D eigenvalue weighted by atomic mass is 9.82. The molecule has 0 bridgehead atoms. The van der Waals surface area contributed by atoms with Gasteiger partial charge in [0.25, 0.3) is 0 Å². The van der Waals surface area contributed by atoms with Crippen LogP contribution in [0.1, 0.15) is 32.3 Å². The van der Waals surface area contributed by atoms with Gasteiger partial charge in [-0.1, -0.05) is 44.2 Å². The lowest BCUT2D eigenvalue weighted by Gasteiger charge is -2.24. The van der Waals surface area contributed by atoms with Crippen molar-refractivity contribution in [2.24, 2.45) is 5.41 Å². The second kappa shape index (κ2) is 5.16. The number of rotatable bonds is 5. The molecule has 0 amide bonds. The molecular formula is C13H20O. The zero-order valence-electron chi connectivity index (χ0n) is 9.16. The van der Waals surface area contributed by atoms with Crippen LogP contribution in [-0.4, -0.2) is 11.7 Å². The predicted molar refractivity (Wildman–Crippen MR) is 60.2 cm³/mol. The van der Waals surface area contributed by atoms with E-state index in [1.54, 1.807) is 0 Å². The number of hydrogen-bond donors (Lipinski definition) is 1. The predicted octanol–water partition coefficient (Wildman–Crippen LogP) is 3.03. The molecule has 78 valence electrons. The normalized spacial score (nSPS) is 11.6. The average Bonchev–Trinajstić information content (AvgIpc) is 2.16. The van der Waals surface area contributed by atoms with Gasteiger partial charge in [0, 0.05) is 6.61 Å². The summed E-state index contributed by atoms with van der Waals surface area (Å²) in [5.74, 6) is 0. The molecule has 1 N–H and O–H groups in total. The summed E-state index contributed by atoms with van der Waals surface area (Å²) in [6, 6.07) is 10.5. The quantitative estimate of drug-likeness (QED) is 0.760. The van der Waals surface area contributed by atoms with Crippen LogP contribution in [0.3, 0.4) is 0 Å². The van der Waals surface area contributed by atoms with E-state index in [-0.39, 0.29) is 0 Å². The Morgan fingerprint density at radius 2 is 1.79 bits per heavy atom. The second-order valence-electron chi connectivity index (χ2n) is 4.65. The van der Waals surface area contributed by atoms with E-state index in [2.05, 4.69) is 38.1 Å². The number of aliphatic hydroxyl groups is 1. The molecule has 0 aliphatic carbocycles. The first-order valence-corrected chi connectivity index (χ1v) is 5.29. The van der Waals surface area contributed by atoms with E-state index in [0.717, 1.165) is 19.3 Å². The van der Waals surface area contributed by atoms with Gasteiger partial charge in [0.15, 0.2) is 0 Å². The van der Waals surface area contributed by atoms with Crippen molar-refractivity contribution >= 4 is 0 Å². The Morgan fingerprint density at radius 1 is 1.14 bits per heavy atom. The molecular weight excluding hydrogens is 172 g/mol. The lowest BCUT2D eigenvalue weighted by Crippen LogP contribution is -2.15. The molecule has 14 heavy (non-hydrogen) atoms. The molecule has 0 unspecified atom stereocenters. The molecule has 0 fully saturated rings. The van der Waals surface area contributed by atoms with Crippen molar-refractivity contribution in [3.63, 3.8) is 0 Å².